The van der Waals surface area contributed by atoms with E-state index in [-0.39, 0.29) is 5.91 Å². The van der Waals surface area contributed by atoms with Crippen LogP contribution in [0.15, 0.2) is 24.3 Å². The van der Waals surface area contributed by atoms with Gasteiger partial charge in [-0.25, -0.2) is 4.79 Å². The summed E-state index contributed by atoms with van der Waals surface area (Å²) in [6.45, 7) is 4.34. The van der Waals surface area contributed by atoms with Gasteiger partial charge in [0.15, 0.2) is 0 Å². The minimum atomic E-state index is -0.537. The summed E-state index contributed by atoms with van der Waals surface area (Å²) < 4.78 is 0. The van der Waals surface area contributed by atoms with Crippen LogP contribution in [0.5, 0.6) is 0 Å². The van der Waals surface area contributed by atoms with Gasteiger partial charge < -0.3 is 16.0 Å². The van der Waals surface area contributed by atoms with Crippen LogP contribution >= 0.6 is 0 Å². The Labute approximate surface area is 112 Å². The molecular weight excluding hydrogens is 242 g/mol. The number of likely N-dealkylation sites (tertiary alicyclic amines) is 1. The molecule has 0 spiro atoms. The second-order valence-corrected chi connectivity index (χ2v) is 4.63. The third kappa shape index (κ3) is 3.05. The predicted molar refractivity (Wildman–Crippen MR) is 73.4 cm³/mol. The van der Waals surface area contributed by atoms with Gasteiger partial charge in [0.2, 0.25) is 5.91 Å². The quantitative estimate of drug-likeness (QED) is 0.865. The molecule has 3 amide bonds. The molecule has 5 nitrogen and oxygen atoms in total. The molecule has 1 aliphatic heterocycles. The van der Waals surface area contributed by atoms with Crippen molar-refractivity contribution in [3.8, 4) is 0 Å². The van der Waals surface area contributed by atoms with Gasteiger partial charge in [-0.3, -0.25) is 4.79 Å². The molecule has 0 saturated carbocycles. The first-order valence-electron chi connectivity index (χ1n) is 6.37. The Balaban J connectivity index is 2.01. The molecule has 0 unspecified atom stereocenters. The van der Waals surface area contributed by atoms with E-state index in [1.807, 2.05) is 24.3 Å². The number of nitrogens with one attached hydrogen (secondary N) is 1. The molecule has 0 bridgehead atoms. The molecule has 0 aliphatic carbocycles. The summed E-state index contributed by atoms with van der Waals surface area (Å²) in [5.41, 5.74) is 7.09. The topological polar surface area (TPSA) is 75.4 Å². The van der Waals surface area contributed by atoms with E-state index in [9.17, 15) is 9.59 Å². The minimum absolute atomic E-state index is 0.182. The van der Waals surface area contributed by atoms with Gasteiger partial charge in [0.25, 0.3) is 0 Å². The maximum atomic E-state index is 12.1. The number of nitrogens with zero attached hydrogens (tertiary/aromatic N) is 1. The fourth-order valence-electron chi connectivity index (χ4n) is 2.28. The maximum absolute atomic E-state index is 12.1. The second-order valence-electron chi connectivity index (χ2n) is 4.63. The van der Waals surface area contributed by atoms with Crippen LogP contribution in [0.2, 0.25) is 0 Å². The van der Waals surface area contributed by atoms with E-state index in [1.165, 1.54) is 4.90 Å². The molecule has 1 aromatic rings. The predicted octanol–water partition coefficient (Wildman–Crippen LogP) is 1.54. The van der Waals surface area contributed by atoms with Gasteiger partial charge in [0.05, 0.1) is 0 Å². The van der Waals surface area contributed by atoms with Crippen molar-refractivity contribution in [1.82, 2.24) is 4.90 Å². The average Bonchev–Trinajstić information content (AvgIpc) is 2.89. The van der Waals surface area contributed by atoms with E-state index in [1.54, 1.807) is 0 Å². The summed E-state index contributed by atoms with van der Waals surface area (Å²) in [5.74, 6) is -0.182. The third-order valence-electron chi connectivity index (χ3n) is 3.35. The number of benzene rings is 1. The van der Waals surface area contributed by atoms with Crippen molar-refractivity contribution < 1.29 is 9.59 Å². The van der Waals surface area contributed by atoms with Gasteiger partial charge in [-0.05, 0) is 43.9 Å². The van der Waals surface area contributed by atoms with Gasteiger partial charge in [-0.1, -0.05) is 12.1 Å². The summed E-state index contributed by atoms with van der Waals surface area (Å²) in [4.78, 5) is 24.7. The number of nitrogens with two attached hydrogens (primary N) is 1. The highest BCUT2D eigenvalue weighted by Crippen LogP contribution is 2.19. The zero-order valence-corrected chi connectivity index (χ0v) is 10.8. The number of primary amides is 1. The molecule has 0 aromatic heterocycles. The van der Waals surface area contributed by atoms with Crippen molar-refractivity contribution in [2.24, 2.45) is 5.73 Å². The fraction of sp³-hybridized carbons (Fsp3) is 0.357. The average molecular weight is 260 g/mol. The van der Waals surface area contributed by atoms with Crippen LogP contribution in [-0.2, 0) is 11.2 Å². The van der Waals surface area contributed by atoms with Crippen molar-refractivity contribution in [2.45, 2.75) is 25.3 Å². The molecule has 1 radical (unpaired) electrons. The molecule has 1 heterocycles. The molecule has 1 aliphatic rings. The van der Waals surface area contributed by atoms with Crippen molar-refractivity contribution >= 4 is 17.6 Å². The first kappa shape index (κ1) is 13.4. The highest BCUT2D eigenvalue weighted by Gasteiger charge is 2.32. The van der Waals surface area contributed by atoms with Crippen LogP contribution in [0.1, 0.15) is 18.4 Å². The molecule has 1 atom stereocenters. The standard InChI is InChI=1S/C14H18N3O2/c1-2-10-5-7-11(8-6-10)16-13(18)12-4-3-9-17(12)14(15)19/h5-8,12H,1-4,9H2,(H2,15,19)(H,16,18)/t12-/m0/s1. The number of hydrogen-bond acceptors (Lipinski definition) is 2. The van der Waals surface area contributed by atoms with Gasteiger partial charge in [0, 0.05) is 12.2 Å². The second kappa shape index (κ2) is 5.73. The molecule has 19 heavy (non-hydrogen) atoms. The Morgan fingerprint density at radius 3 is 2.63 bits per heavy atom. The number of carbonyl (C=O) groups is 2. The maximum Gasteiger partial charge on any atom is 0.315 e. The van der Waals surface area contributed by atoms with Crippen molar-refractivity contribution in [2.75, 3.05) is 11.9 Å². The first-order chi connectivity index (χ1) is 9.11. The molecule has 1 aromatic carbocycles. The Kier molecular flexibility index (Phi) is 4.04. The van der Waals surface area contributed by atoms with Crippen molar-refractivity contribution in [1.29, 1.82) is 0 Å². The Morgan fingerprint density at radius 1 is 1.37 bits per heavy atom. The number of hydrogen-bond donors (Lipinski definition) is 2. The van der Waals surface area contributed by atoms with Crippen LogP contribution in [0.25, 0.3) is 0 Å². The Hall–Kier alpha value is -2.04. The van der Waals surface area contributed by atoms with E-state index in [4.69, 9.17) is 5.73 Å². The smallest absolute Gasteiger partial charge is 0.315 e. The van der Waals surface area contributed by atoms with E-state index in [0.717, 1.165) is 17.7 Å². The number of urea groups is 1. The van der Waals surface area contributed by atoms with Gasteiger partial charge in [0.1, 0.15) is 6.04 Å². The lowest BCUT2D eigenvalue weighted by molar-refractivity contribution is -0.119. The molecule has 2 rings (SSSR count). The number of anilines is 1. The molecular formula is C14H18N3O2. The molecule has 1 saturated heterocycles. The summed E-state index contributed by atoms with van der Waals surface area (Å²) in [6, 6.07) is 6.52. The van der Waals surface area contributed by atoms with Gasteiger partial charge in [-0.2, -0.15) is 0 Å². The summed E-state index contributed by atoms with van der Waals surface area (Å²) in [6.07, 6.45) is 2.18. The zero-order chi connectivity index (χ0) is 13.8. The first-order valence-corrected chi connectivity index (χ1v) is 6.37. The molecule has 3 N–H and O–H groups in total. The van der Waals surface area contributed by atoms with Crippen LogP contribution < -0.4 is 11.1 Å². The SMILES string of the molecule is [CH2]Cc1ccc(NC(=O)[C@@H]2CCCN2C(N)=O)cc1. The zero-order valence-electron chi connectivity index (χ0n) is 10.8. The third-order valence-corrected chi connectivity index (χ3v) is 3.35. The lowest BCUT2D eigenvalue weighted by Crippen LogP contribution is -2.45. The monoisotopic (exact) mass is 260 g/mol. The normalized spacial score (nSPS) is 18.4. The Bertz CT molecular complexity index is 470. The fourth-order valence-corrected chi connectivity index (χ4v) is 2.28. The Morgan fingerprint density at radius 2 is 2.05 bits per heavy atom. The number of rotatable bonds is 3. The largest absolute Gasteiger partial charge is 0.351 e. The number of carbonyl (C=O) groups excluding carboxylic acids is 2. The summed E-state index contributed by atoms with van der Waals surface area (Å²) >= 11 is 0. The van der Waals surface area contributed by atoms with Crippen molar-refractivity contribution in [3.63, 3.8) is 0 Å². The molecule has 101 valence electrons. The van der Waals surface area contributed by atoms with Crippen LogP contribution in [0.3, 0.4) is 0 Å². The highest BCUT2D eigenvalue weighted by atomic mass is 16.2. The molecule has 5 heteroatoms. The lowest BCUT2D eigenvalue weighted by Gasteiger charge is -2.21. The molecule has 1 fully saturated rings. The summed E-state index contributed by atoms with van der Waals surface area (Å²) in [7, 11) is 0. The van der Waals surface area contributed by atoms with E-state index < -0.39 is 12.1 Å². The van der Waals surface area contributed by atoms with Gasteiger partial charge >= 0.3 is 6.03 Å². The van der Waals surface area contributed by atoms with E-state index in [2.05, 4.69) is 12.2 Å². The van der Waals surface area contributed by atoms with Gasteiger partial charge in [-0.15, -0.1) is 0 Å². The number of amides is 3. The minimum Gasteiger partial charge on any atom is -0.351 e. The van der Waals surface area contributed by atoms with Crippen LogP contribution in [0, 0.1) is 6.92 Å². The highest BCUT2D eigenvalue weighted by molar-refractivity contribution is 5.97. The van der Waals surface area contributed by atoms with Crippen LogP contribution in [-0.4, -0.2) is 29.4 Å². The summed E-state index contributed by atoms with van der Waals surface area (Å²) in [5, 5.41) is 2.81. The van der Waals surface area contributed by atoms with Crippen LogP contribution in [0.4, 0.5) is 10.5 Å². The lowest BCUT2D eigenvalue weighted by atomic mass is 10.1. The van der Waals surface area contributed by atoms with E-state index >= 15 is 0 Å². The van der Waals surface area contributed by atoms with Crippen molar-refractivity contribution in [3.05, 3.63) is 36.8 Å². The van der Waals surface area contributed by atoms with E-state index in [0.29, 0.717) is 19.4 Å².